The SMILES string of the molecule is CCOC(=O)CNC(=O)C1(n2cccn2)CCNCC1. The average molecular weight is 280 g/mol. The van der Waals surface area contributed by atoms with Gasteiger partial charge in [-0.15, -0.1) is 0 Å². The lowest BCUT2D eigenvalue weighted by atomic mass is 9.87. The summed E-state index contributed by atoms with van der Waals surface area (Å²) >= 11 is 0. The standard InChI is InChI=1S/C13H20N4O3/c1-2-20-11(18)10-15-12(19)13(4-7-14-8-5-13)17-9-3-6-16-17/h3,6,9,14H,2,4-5,7-8,10H2,1H3,(H,15,19). The van der Waals surface area contributed by atoms with Crippen LogP contribution in [0, 0.1) is 0 Å². The third-order valence-corrected chi connectivity index (χ3v) is 3.49. The molecule has 2 N–H and O–H groups in total. The summed E-state index contributed by atoms with van der Waals surface area (Å²) in [5.74, 6) is -0.610. The molecule has 0 aliphatic carbocycles. The van der Waals surface area contributed by atoms with Crippen LogP contribution in [0.5, 0.6) is 0 Å². The number of rotatable bonds is 5. The van der Waals surface area contributed by atoms with Crippen molar-refractivity contribution < 1.29 is 14.3 Å². The van der Waals surface area contributed by atoms with Gasteiger partial charge in [-0.1, -0.05) is 0 Å². The van der Waals surface area contributed by atoms with Crippen LogP contribution in [0.3, 0.4) is 0 Å². The highest BCUT2D eigenvalue weighted by atomic mass is 16.5. The fraction of sp³-hybridized carbons (Fsp3) is 0.615. The van der Waals surface area contributed by atoms with Gasteiger partial charge < -0.3 is 15.4 Å². The first-order valence-electron chi connectivity index (χ1n) is 6.84. The lowest BCUT2D eigenvalue weighted by Gasteiger charge is -2.36. The maximum Gasteiger partial charge on any atom is 0.325 e. The Labute approximate surface area is 117 Å². The van der Waals surface area contributed by atoms with Crippen LogP contribution in [-0.4, -0.2) is 47.9 Å². The Bertz CT molecular complexity index is 452. The minimum atomic E-state index is -0.721. The molecule has 0 bridgehead atoms. The lowest BCUT2D eigenvalue weighted by Crippen LogP contribution is -2.55. The van der Waals surface area contributed by atoms with Crippen molar-refractivity contribution in [2.24, 2.45) is 0 Å². The maximum atomic E-state index is 12.5. The number of piperidine rings is 1. The van der Waals surface area contributed by atoms with Crippen molar-refractivity contribution >= 4 is 11.9 Å². The van der Waals surface area contributed by atoms with Gasteiger partial charge in [-0.2, -0.15) is 5.10 Å². The summed E-state index contributed by atoms with van der Waals surface area (Å²) in [5, 5.41) is 10.1. The molecule has 7 nitrogen and oxygen atoms in total. The molecule has 0 unspecified atom stereocenters. The zero-order valence-electron chi connectivity index (χ0n) is 11.6. The molecule has 0 radical (unpaired) electrons. The van der Waals surface area contributed by atoms with E-state index in [4.69, 9.17) is 4.74 Å². The molecule has 2 rings (SSSR count). The van der Waals surface area contributed by atoms with Crippen LogP contribution >= 0.6 is 0 Å². The third kappa shape index (κ3) is 2.98. The molecule has 2 heterocycles. The highest BCUT2D eigenvalue weighted by Gasteiger charge is 2.41. The maximum absolute atomic E-state index is 12.5. The molecule has 1 aromatic heterocycles. The van der Waals surface area contributed by atoms with E-state index in [-0.39, 0.29) is 12.5 Å². The summed E-state index contributed by atoms with van der Waals surface area (Å²) in [6, 6.07) is 1.79. The minimum absolute atomic E-state index is 0.108. The predicted molar refractivity (Wildman–Crippen MR) is 71.9 cm³/mol. The van der Waals surface area contributed by atoms with Gasteiger partial charge in [0.2, 0.25) is 5.91 Å². The Hall–Kier alpha value is -1.89. The molecule has 110 valence electrons. The number of esters is 1. The summed E-state index contributed by atoms with van der Waals surface area (Å²) in [7, 11) is 0. The van der Waals surface area contributed by atoms with Gasteiger partial charge in [-0.3, -0.25) is 14.3 Å². The van der Waals surface area contributed by atoms with Crippen LogP contribution in [0.4, 0.5) is 0 Å². The fourth-order valence-corrected chi connectivity index (χ4v) is 2.45. The Balaban J connectivity index is 2.07. The fourth-order valence-electron chi connectivity index (χ4n) is 2.45. The Morgan fingerprint density at radius 2 is 2.20 bits per heavy atom. The van der Waals surface area contributed by atoms with Crippen molar-refractivity contribution in [1.82, 2.24) is 20.4 Å². The molecule has 7 heteroatoms. The second-order valence-electron chi connectivity index (χ2n) is 4.72. The van der Waals surface area contributed by atoms with Crippen LogP contribution in [0.25, 0.3) is 0 Å². The van der Waals surface area contributed by atoms with E-state index in [9.17, 15) is 9.59 Å². The van der Waals surface area contributed by atoms with Gasteiger partial charge in [-0.25, -0.2) is 0 Å². The Kier molecular flexibility index (Phi) is 4.73. The third-order valence-electron chi connectivity index (χ3n) is 3.49. The summed E-state index contributed by atoms with van der Waals surface area (Å²) in [4.78, 5) is 23.9. The van der Waals surface area contributed by atoms with Crippen molar-refractivity contribution in [3.63, 3.8) is 0 Å². The van der Waals surface area contributed by atoms with Gasteiger partial charge in [0.15, 0.2) is 0 Å². The van der Waals surface area contributed by atoms with E-state index in [0.29, 0.717) is 19.4 Å². The van der Waals surface area contributed by atoms with E-state index in [1.165, 1.54) is 0 Å². The van der Waals surface area contributed by atoms with Gasteiger partial charge in [0.25, 0.3) is 0 Å². The monoisotopic (exact) mass is 280 g/mol. The van der Waals surface area contributed by atoms with Crippen molar-refractivity contribution in [2.75, 3.05) is 26.2 Å². The highest BCUT2D eigenvalue weighted by Crippen LogP contribution is 2.26. The first-order chi connectivity index (χ1) is 9.69. The minimum Gasteiger partial charge on any atom is -0.465 e. The number of carbonyl (C=O) groups excluding carboxylic acids is 2. The molecule has 1 aliphatic heterocycles. The zero-order chi connectivity index (χ0) is 14.4. The van der Waals surface area contributed by atoms with Gasteiger partial charge in [0.05, 0.1) is 6.61 Å². The molecule has 0 spiro atoms. The molecule has 1 saturated heterocycles. The van der Waals surface area contributed by atoms with Crippen LogP contribution in [0.2, 0.25) is 0 Å². The number of nitrogens with zero attached hydrogens (tertiary/aromatic N) is 2. The number of hydrogen-bond acceptors (Lipinski definition) is 5. The number of amides is 1. The van der Waals surface area contributed by atoms with Crippen LogP contribution in [-0.2, 0) is 19.9 Å². The van der Waals surface area contributed by atoms with Gasteiger partial charge in [-0.05, 0) is 38.9 Å². The number of nitrogens with one attached hydrogen (secondary N) is 2. The van der Waals surface area contributed by atoms with E-state index in [0.717, 1.165) is 13.1 Å². The molecule has 1 aromatic rings. The number of ether oxygens (including phenoxy) is 1. The van der Waals surface area contributed by atoms with Crippen molar-refractivity contribution in [3.05, 3.63) is 18.5 Å². The van der Waals surface area contributed by atoms with Crippen molar-refractivity contribution in [1.29, 1.82) is 0 Å². The topological polar surface area (TPSA) is 85.2 Å². The normalized spacial score (nSPS) is 17.4. The molecular formula is C13H20N4O3. The first kappa shape index (κ1) is 14.5. The molecule has 1 aliphatic rings. The molecule has 0 aromatic carbocycles. The smallest absolute Gasteiger partial charge is 0.325 e. The molecule has 0 atom stereocenters. The molecule has 1 amide bonds. The summed E-state index contributed by atoms with van der Waals surface area (Å²) in [5.41, 5.74) is -0.721. The van der Waals surface area contributed by atoms with Crippen LogP contribution in [0.1, 0.15) is 19.8 Å². The number of aromatic nitrogens is 2. The van der Waals surface area contributed by atoms with Crippen molar-refractivity contribution in [3.8, 4) is 0 Å². The van der Waals surface area contributed by atoms with Gasteiger partial charge >= 0.3 is 5.97 Å². The van der Waals surface area contributed by atoms with E-state index in [2.05, 4.69) is 15.7 Å². The predicted octanol–water partition coefficient (Wildman–Crippen LogP) is -0.359. The first-order valence-corrected chi connectivity index (χ1v) is 6.84. The average Bonchev–Trinajstić information content (AvgIpc) is 3.00. The van der Waals surface area contributed by atoms with Crippen molar-refractivity contribution in [2.45, 2.75) is 25.3 Å². The summed E-state index contributed by atoms with van der Waals surface area (Å²) in [6.45, 7) is 3.42. The summed E-state index contributed by atoms with van der Waals surface area (Å²) < 4.78 is 6.50. The summed E-state index contributed by atoms with van der Waals surface area (Å²) in [6.07, 6.45) is 4.73. The number of carbonyl (C=O) groups is 2. The second-order valence-corrected chi connectivity index (χ2v) is 4.72. The number of hydrogen-bond donors (Lipinski definition) is 2. The Morgan fingerprint density at radius 1 is 1.45 bits per heavy atom. The molecule has 1 fully saturated rings. The largest absolute Gasteiger partial charge is 0.465 e. The molecule has 0 saturated carbocycles. The Morgan fingerprint density at radius 3 is 2.80 bits per heavy atom. The molecule has 20 heavy (non-hydrogen) atoms. The van der Waals surface area contributed by atoms with Crippen LogP contribution < -0.4 is 10.6 Å². The second kappa shape index (κ2) is 6.51. The highest BCUT2D eigenvalue weighted by molar-refractivity contribution is 5.87. The van der Waals surface area contributed by atoms with E-state index >= 15 is 0 Å². The van der Waals surface area contributed by atoms with E-state index in [1.807, 2.05) is 0 Å². The van der Waals surface area contributed by atoms with Gasteiger partial charge in [0.1, 0.15) is 12.1 Å². The van der Waals surface area contributed by atoms with E-state index < -0.39 is 11.5 Å². The quantitative estimate of drug-likeness (QED) is 0.720. The molecular weight excluding hydrogens is 260 g/mol. The van der Waals surface area contributed by atoms with Gasteiger partial charge in [0, 0.05) is 12.4 Å². The zero-order valence-corrected chi connectivity index (χ0v) is 11.6. The van der Waals surface area contributed by atoms with E-state index in [1.54, 1.807) is 30.1 Å². The van der Waals surface area contributed by atoms with Crippen LogP contribution in [0.15, 0.2) is 18.5 Å². The lowest BCUT2D eigenvalue weighted by molar-refractivity contribution is -0.145.